The number of benzene rings is 4. The lowest BCUT2D eigenvalue weighted by Gasteiger charge is -2.33. The molecule has 0 aromatic heterocycles. The fourth-order valence-electron chi connectivity index (χ4n) is 5.60. The van der Waals surface area contributed by atoms with Crippen molar-refractivity contribution in [2.24, 2.45) is 0 Å². The third kappa shape index (κ3) is 6.01. The predicted molar refractivity (Wildman–Crippen MR) is 171 cm³/mol. The largest absolute Gasteiger partial charge is 0.497 e. The predicted octanol–water partition coefficient (Wildman–Crippen LogP) is 5.49. The summed E-state index contributed by atoms with van der Waals surface area (Å²) in [5, 5.41) is 2.95. The summed E-state index contributed by atoms with van der Waals surface area (Å²) in [4.78, 5) is 57.1. The Bertz CT molecular complexity index is 1800. The van der Waals surface area contributed by atoms with E-state index >= 15 is 0 Å². The second kappa shape index (κ2) is 12.8. The van der Waals surface area contributed by atoms with Gasteiger partial charge in [0.2, 0.25) is 12.7 Å². The maximum atomic E-state index is 14.4. The molecular formula is C36H33N3O7. The zero-order chi connectivity index (χ0) is 32.4. The standard InChI is InChI=1S/C36H33N3O7/c1-22(2)24-10-12-25(13-11-24)33(35(42)37-26-14-17-30-31(18-26)46-21-45-30)39(19-23-8-15-27(44-3)16-9-23)32(40)20-38-29-7-5-4-6-28(29)34(41)36(38)43/h4-18,22,33H,19-21H2,1-3H3,(H,37,42)/t33-/m1/s1. The lowest BCUT2D eigenvalue weighted by Crippen LogP contribution is -2.46. The first-order valence-corrected chi connectivity index (χ1v) is 14.9. The molecule has 1 atom stereocenters. The quantitative estimate of drug-likeness (QED) is 0.234. The van der Waals surface area contributed by atoms with Gasteiger partial charge in [-0.25, -0.2) is 0 Å². The molecule has 0 bridgehead atoms. The molecule has 0 fully saturated rings. The van der Waals surface area contributed by atoms with Crippen LogP contribution in [0.15, 0.2) is 91.0 Å². The highest BCUT2D eigenvalue weighted by molar-refractivity contribution is 6.52. The van der Waals surface area contributed by atoms with Crippen molar-refractivity contribution in [1.29, 1.82) is 0 Å². The molecule has 10 heteroatoms. The Labute approximate surface area is 266 Å². The molecule has 2 heterocycles. The van der Waals surface area contributed by atoms with Crippen molar-refractivity contribution in [3.8, 4) is 17.2 Å². The number of ether oxygens (including phenoxy) is 3. The third-order valence-corrected chi connectivity index (χ3v) is 8.12. The Morgan fingerprint density at radius 3 is 2.30 bits per heavy atom. The fraction of sp³-hybridized carbons (Fsp3) is 0.222. The van der Waals surface area contributed by atoms with Gasteiger partial charge in [0.1, 0.15) is 18.3 Å². The number of ketones is 1. The first-order chi connectivity index (χ1) is 22.2. The summed E-state index contributed by atoms with van der Waals surface area (Å²) in [5.41, 5.74) is 3.45. The van der Waals surface area contributed by atoms with Crippen LogP contribution >= 0.6 is 0 Å². The van der Waals surface area contributed by atoms with Crippen molar-refractivity contribution < 1.29 is 33.4 Å². The minimum Gasteiger partial charge on any atom is -0.497 e. The van der Waals surface area contributed by atoms with E-state index in [1.807, 2.05) is 36.4 Å². The van der Waals surface area contributed by atoms with Gasteiger partial charge in [-0.2, -0.15) is 0 Å². The highest BCUT2D eigenvalue weighted by atomic mass is 16.7. The van der Waals surface area contributed by atoms with Gasteiger partial charge in [0, 0.05) is 18.3 Å². The number of rotatable bonds is 10. The number of hydrogen-bond acceptors (Lipinski definition) is 7. The Kier molecular flexibility index (Phi) is 8.43. The lowest BCUT2D eigenvalue weighted by molar-refractivity contribution is -0.139. The Hall–Kier alpha value is -5.64. The number of nitrogens with one attached hydrogen (secondary N) is 1. The minimum atomic E-state index is -1.11. The van der Waals surface area contributed by atoms with Crippen LogP contribution < -0.4 is 24.4 Å². The maximum absolute atomic E-state index is 14.4. The van der Waals surface area contributed by atoms with Crippen molar-refractivity contribution in [1.82, 2.24) is 4.90 Å². The molecule has 0 radical (unpaired) electrons. The van der Waals surface area contributed by atoms with E-state index in [2.05, 4.69) is 19.2 Å². The molecular weight excluding hydrogens is 586 g/mol. The van der Waals surface area contributed by atoms with Gasteiger partial charge in [-0.3, -0.25) is 24.1 Å². The van der Waals surface area contributed by atoms with E-state index in [4.69, 9.17) is 14.2 Å². The number of Topliss-reactive ketones (excluding diaryl/α,β-unsaturated/α-hetero) is 1. The van der Waals surface area contributed by atoms with Gasteiger partial charge in [-0.1, -0.05) is 62.4 Å². The summed E-state index contributed by atoms with van der Waals surface area (Å²) in [7, 11) is 1.56. The van der Waals surface area contributed by atoms with Crippen molar-refractivity contribution in [3.05, 3.63) is 113 Å². The molecule has 10 nitrogen and oxygen atoms in total. The number of fused-ring (bicyclic) bond motifs is 2. The fourth-order valence-corrected chi connectivity index (χ4v) is 5.60. The highest BCUT2D eigenvalue weighted by Gasteiger charge is 2.39. The molecule has 0 spiro atoms. The smallest absolute Gasteiger partial charge is 0.299 e. The van der Waals surface area contributed by atoms with E-state index in [9.17, 15) is 19.2 Å². The van der Waals surface area contributed by atoms with E-state index in [1.54, 1.807) is 61.7 Å². The number of methoxy groups -OCH3 is 1. The van der Waals surface area contributed by atoms with Crippen LogP contribution in [0.2, 0.25) is 0 Å². The van der Waals surface area contributed by atoms with Crippen LogP contribution in [0.5, 0.6) is 17.2 Å². The number of carbonyl (C=O) groups is 4. The second-order valence-corrected chi connectivity index (χ2v) is 11.4. The Morgan fingerprint density at radius 2 is 1.59 bits per heavy atom. The Balaban J connectivity index is 1.39. The molecule has 234 valence electrons. The van der Waals surface area contributed by atoms with Crippen LogP contribution in [0.25, 0.3) is 0 Å². The summed E-state index contributed by atoms with van der Waals surface area (Å²) < 4.78 is 16.2. The number of hydrogen-bond donors (Lipinski definition) is 1. The topological polar surface area (TPSA) is 114 Å². The molecule has 1 N–H and O–H groups in total. The van der Waals surface area contributed by atoms with E-state index in [-0.39, 0.29) is 24.8 Å². The van der Waals surface area contributed by atoms with E-state index in [0.29, 0.717) is 34.2 Å². The number of para-hydroxylation sites is 1. The molecule has 0 saturated carbocycles. The molecule has 3 amide bonds. The number of nitrogens with zero attached hydrogens (tertiary/aromatic N) is 2. The average molecular weight is 620 g/mol. The van der Waals surface area contributed by atoms with Crippen molar-refractivity contribution in [2.45, 2.75) is 32.4 Å². The Morgan fingerprint density at radius 1 is 0.891 bits per heavy atom. The van der Waals surface area contributed by atoms with E-state index in [1.165, 1.54) is 9.80 Å². The first kappa shape index (κ1) is 30.4. The van der Waals surface area contributed by atoms with Crippen LogP contribution in [-0.4, -0.2) is 48.9 Å². The van der Waals surface area contributed by atoms with E-state index < -0.39 is 36.1 Å². The highest BCUT2D eigenvalue weighted by Crippen LogP contribution is 2.36. The lowest BCUT2D eigenvalue weighted by atomic mass is 9.97. The zero-order valence-corrected chi connectivity index (χ0v) is 25.7. The van der Waals surface area contributed by atoms with Gasteiger partial charge < -0.3 is 24.4 Å². The van der Waals surface area contributed by atoms with Gasteiger partial charge in [0.05, 0.1) is 18.4 Å². The third-order valence-electron chi connectivity index (χ3n) is 8.12. The van der Waals surface area contributed by atoms with E-state index in [0.717, 1.165) is 11.1 Å². The van der Waals surface area contributed by atoms with Gasteiger partial charge in [-0.15, -0.1) is 0 Å². The van der Waals surface area contributed by atoms with Crippen LogP contribution in [-0.2, 0) is 20.9 Å². The van der Waals surface area contributed by atoms with Crippen LogP contribution in [0.3, 0.4) is 0 Å². The molecule has 4 aromatic carbocycles. The monoisotopic (exact) mass is 619 g/mol. The summed E-state index contributed by atoms with van der Waals surface area (Å²) in [6, 6.07) is 25.3. The van der Waals surface area contributed by atoms with Crippen LogP contribution in [0, 0.1) is 0 Å². The van der Waals surface area contributed by atoms with Crippen molar-refractivity contribution >= 4 is 34.9 Å². The molecule has 6 rings (SSSR count). The van der Waals surface area contributed by atoms with Gasteiger partial charge in [0.25, 0.3) is 17.6 Å². The van der Waals surface area contributed by atoms with Gasteiger partial charge in [0.15, 0.2) is 11.5 Å². The van der Waals surface area contributed by atoms with Crippen LogP contribution in [0.1, 0.15) is 52.9 Å². The molecule has 0 saturated heterocycles. The summed E-state index contributed by atoms with van der Waals surface area (Å²) >= 11 is 0. The summed E-state index contributed by atoms with van der Waals surface area (Å²) in [6.45, 7) is 3.83. The van der Waals surface area contributed by atoms with Crippen molar-refractivity contribution in [2.75, 3.05) is 30.7 Å². The van der Waals surface area contributed by atoms with Crippen molar-refractivity contribution in [3.63, 3.8) is 0 Å². The first-order valence-electron chi connectivity index (χ1n) is 14.9. The van der Waals surface area contributed by atoms with Gasteiger partial charge in [-0.05, 0) is 59.0 Å². The molecule has 46 heavy (non-hydrogen) atoms. The molecule has 4 aromatic rings. The molecule has 2 aliphatic rings. The molecule has 0 unspecified atom stereocenters. The summed E-state index contributed by atoms with van der Waals surface area (Å²) in [6.07, 6.45) is 0. The maximum Gasteiger partial charge on any atom is 0.299 e. The second-order valence-electron chi connectivity index (χ2n) is 11.4. The molecule has 2 aliphatic heterocycles. The SMILES string of the molecule is COc1ccc(CN(C(=O)CN2C(=O)C(=O)c3ccccc32)[C@@H](C(=O)Nc2ccc3c(c2)OCO3)c2ccc(C(C)C)cc2)cc1. The zero-order valence-electron chi connectivity index (χ0n) is 25.7. The minimum absolute atomic E-state index is 0.0333. The van der Waals surface area contributed by atoms with Gasteiger partial charge >= 0.3 is 0 Å². The number of amides is 3. The number of carbonyl (C=O) groups excluding carboxylic acids is 4. The summed E-state index contributed by atoms with van der Waals surface area (Å²) in [5.74, 6) is -0.493. The normalized spacial score (nSPS) is 13.9. The van der Waals surface area contributed by atoms with Crippen LogP contribution in [0.4, 0.5) is 11.4 Å². The average Bonchev–Trinajstić information content (AvgIpc) is 3.63. The number of anilines is 2. The molecule has 0 aliphatic carbocycles.